The van der Waals surface area contributed by atoms with Crippen LogP contribution in [0.1, 0.15) is 53.6 Å². The van der Waals surface area contributed by atoms with E-state index >= 15 is 0 Å². The van der Waals surface area contributed by atoms with Gasteiger partial charge in [0.15, 0.2) is 11.5 Å². The summed E-state index contributed by atoms with van der Waals surface area (Å²) in [6.45, 7) is 11.2. The van der Waals surface area contributed by atoms with Gasteiger partial charge in [0, 0.05) is 36.0 Å². The third-order valence-corrected chi connectivity index (χ3v) is 5.42. The summed E-state index contributed by atoms with van der Waals surface area (Å²) in [5, 5.41) is 7.44. The first-order chi connectivity index (χ1) is 15.9. The Labute approximate surface area is 195 Å². The number of hydrogen-bond donors (Lipinski definition) is 1. The van der Waals surface area contributed by atoms with Crippen LogP contribution in [0.2, 0.25) is 0 Å². The molecule has 0 bridgehead atoms. The van der Waals surface area contributed by atoms with Crippen molar-refractivity contribution in [3.63, 3.8) is 0 Å². The number of benzene rings is 2. The molecule has 0 aliphatic heterocycles. The first-order valence-corrected chi connectivity index (χ1v) is 11.3. The first kappa shape index (κ1) is 24.2. The summed E-state index contributed by atoms with van der Waals surface area (Å²) in [5.74, 6) is 1.26. The molecule has 7 heteroatoms. The van der Waals surface area contributed by atoms with Gasteiger partial charge in [-0.3, -0.25) is 9.48 Å². The van der Waals surface area contributed by atoms with Gasteiger partial charge in [0.05, 0.1) is 25.5 Å². The monoisotopic (exact) mass is 451 g/mol. The third kappa shape index (κ3) is 5.66. The molecule has 1 amide bonds. The highest BCUT2D eigenvalue weighted by Crippen LogP contribution is 2.39. The Morgan fingerprint density at radius 2 is 1.52 bits per heavy atom. The van der Waals surface area contributed by atoms with Crippen LogP contribution in [-0.2, 0) is 13.5 Å². The van der Waals surface area contributed by atoms with Gasteiger partial charge in [-0.25, -0.2) is 0 Å². The SMILES string of the molecule is CCOc1cc(C(=O)Nc2ccc(Cc3c(C)nn(C)c3C)cc2)cc(OCC)c1OCC. The minimum absolute atomic E-state index is 0.244. The van der Waals surface area contributed by atoms with E-state index in [1.807, 2.05) is 63.7 Å². The molecule has 2 aromatic carbocycles. The molecule has 3 rings (SSSR count). The summed E-state index contributed by atoms with van der Waals surface area (Å²) in [6, 6.07) is 11.3. The number of nitrogens with zero attached hydrogens (tertiary/aromatic N) is 2. The lowest BCUT2D eigenvalue weighted by atomic mass is 10.0. The predicted octanol–water partition coefficient (Wildman–Crippen LogP) is 5.08. The average molecular weight is 452 g/mol. The van der Waals surface area contributed by atoms with E-state index < -0.39 is 0 Å². The molecule has 0 fully saturated rings. The molecule has 0 saturated carbocycles. The van der Waals surface area contributed by atoms with Crippen LogP contribution >= 0.6 is 0 Å². The van der Waals surface area contributed by atoms with Crippen molar-refractivity contribution in [2.75, 3.05) is 25.1 Å². The van der Waals surface area contributed by atoms with Crippen LogP contribution in [0.25, 0.3) is 0 Å². The van der Waals surface area contributed by atoms with Gasteiger partial charge in [-0.05, 0) is 64.4 Å². The van der Waals surface area contributed by atoms with Gasteiger partial charge in [0.1, 0.15) is 0 Å². The van der Waals surface area contributed by atoms with Crippen LogP contribution in [0, 0.1) is 13.8 Å². The Morgan fingerprint density at radius 1 is 0.939 bits per heavy atom. The zero-order chi connectivity index (χ0) is 24.0. The van der Waals surface area contributed by atoms with Crippen LogP contribution in [0.4, 0.5) is 5.69 Å². The molecule has 0 saturated heterocycles. The molecule has 1 aromatic heterocycles. The fourth-order valence-electron chi connectivity index (χ4n) is 3.71. The largest absolute Gasteiger partial charge is 0.490 e. The topological polar surface area (TPSA) is 74.6 Å². The van der Waals surface area contributed by atoms with Crippen LogP contribution in [0.15, 0.2) is 36.4 Å². The fraction of sp³-hybridized carbons (Fsp3) is 0.385. The van der Waals surface area contributed by atoms with Gasteiger partial charge in [-0.15, -0.1) is 0 Å². The second-order valence-corrected chi connectivity index (χ2v) is 7.70. The van der Waals surface area contributed by atoms with Crippen molar-refractivity contribution in [1.82, 2.24) is 9.78 Å². The predicted molar refractivity (Wildman–Crippen MR) is 130 cm³/mol. The molecule has 0 unspecified atom stereocenters. The van der Waals surface area contributed by atoms with E-state index in [0.717, 1.165) is 23.4 Å². The van der Waals surface area contributed by atoms with E-state index in [9.17, 15) is 4.79 Å². The van der Waals surface area contributed by atoms with E-state index in [4.69, 9.17) is 14.2 Å². The summed E-state index contributed by atoms with van der Waals surface area (Å²) in [7, 11) is 1.96. The second-order valence-electron chi connectivity index (χ2n) is 7.70. The van der Waals surface area contributed by atoms with Crippen molar-refractivity contribution in [3.05, 3.63) is 64.5 Å². The number of aromatic nitrogens is 2. The summed E-state index contributed by atoms with van der Waals surface area (Å²) < 4.78 is 19.1. The van der Waals surface area contributed by atoms with Gasteiger partial charge in [0.2, 0.25) is 5.75 Å². The number of aryl methyl sites for hydroxylation is 2. The molecule has 3 aromatic rings. The smallest absolute Gasteiger partial charge is 0.255 e. The second kappa shape index (κ2) is 10.9. The van der Waals surface area contributed by atoms with Gasteiger partial charge >= 0.3 is 0 Å². The molecule has 1 N–H and O–H groups in total. The number of nitrogens with one attached hydrogen (secondary N) is 1. The summed E-state index contributed by atoms with van der Waals surface area (Å²) >= 11 is 0. The van der Waals surface area contributed by atoms with Gasteiger partial charge < -0.3 is 19.5 Å². The van der Waals surface area contributed by atoms with Crippen molar-refractivity contribution >= 4 is 11.6 Å². The van der Waals surface area contributed by atoms with Crippen LogP contribution in [0.3, 0.4) is 0 Å². The number of anilines is 1. The van der Waals surface area contributed by atoms with Gasteiger partial charge in [0.25, 0.3) is 5.91 Å². The number of carbonyl (C=O) groups is 1. The van der Waals surface area contributed by atoms with Crippen molar-refractivity contribution in [2.45, 2.75) is 41.0 Å². The molecule has 33 heavy (non-hydrogen) atoms. The molecule has 0 spiro atoms. The maximum Gasteiger partial charge on any atom is 0.255 e. The van der Waals surface area contributed by atoms with Gasteiger partial charge in [-0.1, -0.05) is 12.1 Å². The van der Waals surface area contributed by atoms with Crippen LogP contribution < -0.4 is 19.5 Å². The Kier molecular flexibility index (Phi) is 7.98. The van der Waals surface area contributed by atoms with E-state index in [1.165, 1.54) is 5.56 Å². The molecule has 7 nitrogen and oxygen atoms in total. The number of rotatable bonds is 10. The average Bonchev–Trinajstić information content (AvgIpc) is 3.03. The Balaban J connectivity index is 1.79. The third-order valence-electron chi connectivity index (χ3n) is 5.42. The molecule has 0 aliphatic rings. The van der Waals surface area contributed by atoms with Crippen molar-refractivity contribution < 1.29 is 19.0 Å². The molecule has 176 valence electrons. The summed E-state index contributed by atoms with van der Waals surface area (Å²) in [5.41, 5.74) is 5.75. The molecule has 0 aliphatic carbocycles. The number of amides is 1. The van der Waals surface area contributed by atoms with Crippen molar-refractivity contribution in [3.8, 4) is 17.2 Å². The van der Waals surface area contributed by atoms with Crippen LogP contribution in [0.5, 0.6) is 17.2 Å². The van der Waals surface area contributed by atoms with E-state index in [2.05, 4.69) is 17.3 Å². The maximum absolute atomic E-state index is 13.0. The van der Waals surface area contributed by atoms with E-state index in [1.54, 1.807) is 12.1 Å². The van der Waals surface area contributed by atoms with E-state index in [0.29, 0.717) is 48.3 Å². The number of hydrogen-bond acceptors (Lipinski definition) is 5. The minimum Gasteiger partial charge on any atom is -0.490 e. The molecular weight excluding hydrogens is 418 g/mol. The standard InChI is InChI=1S/C26H33N3O4/c1-7-31-23-15-20(16-24(32-8-2)25(23)33-9-3)26(30)27-21-12-10-19(11-13-21)14-22-17(4)28-29(6)18(22)5/h10-13,15-16H,7-9,14H2,1-6H3,(H,27,30). The Bertz CT molecular complexity index is 1080. The highest BCUT2D eigenvalue weighted by atomic mass is 16.5. The normalized spacial score (nSPS) is 10.7. The minimum atomic E-state index is -0.244. The maximum atomic E-state index is 13.0. The lowest BCUT2D eigenvalue weighted by Gasteiger charge is -2.17. The lowest BCUT2D eigenvalue weighted by molar-refractivity contribution is 0.102. The first-order valence-electron chi connectivity index (χ1n) is 11.3. The zero-order valence-electron chi connectivity index (χ0n) is 20.3. The quantitative estimate of drug-likeness (QED) is 0.465. The van der Waals surface area contributed by atoms with Gasteiger partial charge in [-0.2, -0.15) is 5.10 Å². The highest BCUT2D eigenvalue weighted by molar-refractivity contribution is 6.05. The number of carbonyl (C=O) groups excluding carboxylic acids is 1. The number of ether oxygens (including phenoxy) is 3. The van der Waals surface area contributed by atoms with Crippen molar-refractivity contribution in [2.24, 2.45) is 7.05 Å². The zero-order valence-corrected chi connectivity index (χ0v) is 20.3. The molecule has 0 radical (unpaired) electrons. The van der Waals surface area contributed by atoms with Crippen LogP contribution in [-0.4, -0.2) is 35.5 Å². The molecular formula is C26H33N3O4. The molecule has 1 heterocycles. The van der Waals surface area contributed by atoms with Crippen molar-refractivity contribution in [1.29, 1.82) is 0 Å². The Morgan fingerprint density at radius 3 is 2.00 bits per heavy atom. The van der Waals surface area contributed by atoms with E-state index in [-0.39, 0.29) is 5.91 Å². The highest BCUT2D eigenvalue weighted by Gasteiger charge is 2.18. The Hall–Kier alpha value is -3.48. The summed E-state index contributed by atoms with van der Waals surface area (Å²) in [4.78, 5) is 13.0. The molecule has 0 atom stereocenters. The summed E-state index contributed by atoms with van der Waals surface area (Å²) in [6.07, 6.45) is 0.800. The fourth-order valence-corrected chi connectivity index (χ4v) is 3.71. The lowest BCUT2D eigenvalue weighted by Crippen LogP contribution is -2.13.